The summed E-state index contributed by atoms with van der Waals surface area (Å²) in [5, 5.41) is 20.0. The summed E-state index contributed by atoms with van der Waals surface area (Å²) < 4.78 is 0. The van der Waals surface area contributed by atoms with Gasteiger partial charge in [-0.2, -0.15) is 0 Å². The van der Waals surface area contributed by atoms with Gasteiger partial charge in [0.25, 0.3) is 0 Å². The first kappa shape index (κ1) is 26.9. The van der Waals surface area contributed by atoms with Crippen molar-refractivity contribution in [2.75, 3.05) is 0 Å². The summed E-state index contributed by atoms with van der Waals surface area (Å²) in [4.78, 5) is 42.0. The average Bonchev–Trinajstić information content (AvgIpc) is 2.40. The fourth-order valence-corrected chi connectivity index (χ4v) is 2.06. The number of aliphatic carboxylic acids is 2. The number of ketones is 2. The van der Waals surface area contributed by atoms with Gasteiger partial charge in [0.2, 0.25) is 0 Å². The Labute approximate surface area is 152 Å². The maximum absolute atomic E-state index is 11.0. The maximum atomic E-state index is 11.0. The molecule has 0 saturated carbocycles. The van der Waals surface area contributed by atoms with E-state index in [9.17, 15) is 29.4 Å². The van der Waals surface area contributed by atoms with Crippen LogP contribution in [0.5, 0.6) is 0 Å². The summed E-state index contributed by atoms with van der Waals surface area (Å²) in [7, 11) is 0. The maximum Gasteiger partial charge on any atom is 2.00 e. The van der Waals surface area contributed by atoms with E-state index in [0.717, 1.165) is 0 Å². The predicted octanol–water partition coefficient (Wildman–Crippen LogP) is 0.261. The van der Waals surface area contributed by atoms with Crippen molar-refractivity contribution in [3.05, 3.63) is 0 Å². The number of carbonyl (C=O) groups is 4. The molecule has 0 amide bonds. The van der Waals surface area contributed by atoms with Crippen LogP contribution < -0.4 is 10.2 Å². The summed E-state index contributed by atoms with van der Waals surface area (Å²) >= 11 is 0. The first-order valence-corrected chi connectivity index (χ1v) is 7.68. The zero-order valence-electron chi connectivity index (χ0n) is 14.3. The molecule has 130 valence electrons. The first-order valence-electron chi connectivity index (χ1n) is 7.68. The number of hydrogen-bond donors (Lipinski definition) is 0. The van der Waals surface area contributed by atoms with Crippen LogP contribution >= 0.6 is 0 Å². The zero-order valence-corrected chi connectivity index (χ0v) is 15.9. The van der Waals surface area contributed by atoms with E-state index in [1.807, 2.05) is 27.7 Å². The van der Waals surface area contributed by atoms with Crippen molar-refractivity contribution in [1.82, 2.24) is 0 Å². The Morgan fingerprint density at radius 2 is 0.870 bits per heavy atom. The van der Waals surface area contributed by atoms with Crippen molar-refractivity contribution >= 4 is 23.5 Å². The third-order valence-electron chi connectivity index (χ3n) is 3.52. The molecule has 0 N–H and O–H groups in total. The minimum atomic E-state index is -1.28. The molecule has 0 saturated heterocycles. The second-order valence-electron chi connectivity index (χ2n) is 5.06. The molecule has 0 radical (unpaired) electrons. The number of hydrogen-bond acceptors (Lipinski definition) is 6. The van der Waals surface area contributed by atoms with Crippen LogP contribution in [-0.4, -0.2) is 23.5 Å². The van der Waals surface area contributed by atoms with Gasteiger partial charge in [-0.25, -0.2) is 0 Å². The summed E-state index contributed by atoms with van der Waals surface area (Å²) in [6.07, 6.45) is 1.97. The fraction of sp³-hybridized carbons (Fsp3) is 0.750. The Kier molecular flexibility index (Phi) is 18.5. The number of carboxylic acids is 2. The van der Waals surface area contributed by atoms with Gasteiger partial charge in [0.1, 0.15) is 11.6 Å². The molecule has 0 aliphatic heterocycles. The van der Waals surface area contributed by atoms with E-state index in [1.54, 1.807) is 0 Å². The molecular formula is C16H26O6Ti. The Hall–Kier alpha value is -1.01. The Balaban J connectivity index is -0.000000333. The van der Waals surface area contributed by atoms with Gasteiger partial charge in [-0.15, -0.1) is 0 Å². The van der Waals surface area contributed by atoms with Gasteiger partial charge in [-0.3, -0.25) is 9.59 Å². The minimum absolute atomic E-state index is 0. The molecule has 0 spiro atoms. The SMILES string of the molecule is CCC(CC)C(=O)CC(=O)[O-].CCC(CC)C(=O)CC(=O)[O-].[Ti+2]. The van der Waals surface area contributed by atoms with Gasteiger partial charge in [0, 0.05) is 36.6 Å². The van der Waals surface area contributed by atoms with Crippen molar-refractivity contribution in [1.29, 1.82) is 0 Å². The minimum Gasteiger partial charge on any atom is -0.550 e. The Morgan fingerprint density at radius 1 is 0.652 bits per heavy atom. The van der Waals surface area contributed by atoms with Crippen LogP contribution in [-0.2, 0) is 40.9 Å². The molecule has 0 aromatic carbocycles. The summed E-state index contributed by atoms with van der Waals surface area (Å²) in [5.74, 6) is -3.19. The largest absolute Gasteiger partial charge is 2.00 e. The van der Waals surface area contributed by atoms with E-state index in [-0.39, 0.29) is 45.1 Å². The van der Waals surface area contributed by atoms with E-state index in [0.29, 0.717) is 25.7 Å². The molecule has 0 fully saturated rings. The number of carboxylic acid groups (broad SMARTS) is 2. The van der Waals surface area contributed by atoms with Gasteiger partial charge >= 0.3 is 21.7 Å². The molecule has 0 rings (SSSR count). The third-order valence-corrected chi connectivity index (χ3v) is 3.52. The van der Waals surface area contributed by atoms with Crippen LogP contribution in [0.15, 0.2) is 0 Å². The van der Waals surface area contributed by atoms with Crippen LogP contribution in [0.4, 0.5) is 0 Å². The van der Waals surface area contributed by atoms with Crippen LogP contribution in [0.25, 0.3) is 0 Å². The Morgan fingerprint density at radius 3 is 1.00 bits per heavy atom. The number of rotatable bonds is 10. The van der Waals surface area contributed by atoms with Gasteiger partial charge < -0.3 is 19.8 Å². The number of Topliss-reactive ketones (excluding diaryl/α,β-unsaturated/α-hetero) is 2. The van der Waals surface area contributed by atoms with Gasteiger partial charge in [0.05, 0.1) is 0 Å². The topological polar surface area (TPSA) is 114 Å². The third kappa shape index (κ3) is 14.3. The van der Waals surface area contributed by atoms with E-state index >= 15 is 0 Å². The van der Waals surface area contributed by atoms with Crippen LogP contribution in [0.1, 0.15) is 66.2 Å². The standard InChI is InChI=1S/2C8H14O3.Ti/c2*1-3-6(4-2)7(9)5-8(10)11;/h2*6H,3-5H2,1-2H3,(H,10,11);/q;;+2/p-2. The van der Waals surface area contributed by atoms with E-state index in [1.165, 1.54) is 0 Å². The molecule has 6 nitrogen and oxygen atoms in total. The monoisotopic (exact) mass is 362 g/mol. The molecule has 0 aromatic rings. The molecule has 0 unspecified atom stereocenters. The molecule has 7 heteroatoms. The normalized spacial score (nSPS) is 9.65. The van der Waals surface area contributed by atoms with Crippen LogP contribution in [0, 0.1) is 11.8 Å². The van der Waals surface area contributed by atoms with E-state index in [2.05, 4.69) is 0 Å². The molecule has 0 atom stereocenters. The van der Waals surface area contributed by atoms with Crippen molar-refractivity contribution in [3.63, 3.8) is 0 Å². The van der Waals surface area contributed by atoms with Gasteiger partial charge in [-0.05, 0) is 25.7 Å². The van der Waals surface area contributed by atoms with Crippen molar-refractivity contribution in [2.24, 2.45) is 11.8 Å². The molecule has 0 aliphatic rings. The van der Waals surface area contributed by atoms with Gasteiger partial charge in [-0.1, -0.05) is 27.7 Å². The van der Waals surface area contributed by atoms with Gasteiger partial charge in [0.15, 0.2) is 0 Å². The summed E-state index contributed by atoms with van der Waals surface area (Å²) in [5.41, 5.74) is 0. The molecule has 0 aliphatic carbocycles. The summed E-state index contributed by atoms with van der Waals surface area (Å²) in [6, 6.07) is 0. The zero-order chi connectivity index (χ0) is 17.7. The number of carbonyl (C=O) groups excluding carboxylic acids is 4. The summed E-state index contributed by atoms with van der Waals surface area (Å²) in [6.45, 7) is 7.51. The fourth-order valence-electron chi connectivity index (χ4n) is 2.06. The van der Waals surface area contributed by atoms with Crippen molar-refractivity contribution in [2.45, 2.75) is 66.2 Å². The van der Waals surface area contributed by atoms with Crippen LogP contribution in [0.3, 0.4) is 0 Å². The van der Waals surface area contributed by atoms with E-state index in [4.69, 9.17) is 0 Å². The Bertz CT molecular complexity index is 337. The van der Waals surface area contributed by atoms with Crippen molar-refractivity contribution < 1.29 is 51.1 Å². The molecular weight excluding hydrogens is 336 g/mol. The first-order chi connectivity index (χ1) is 10.2. The molecule has 23 heavy (non-hydrogen) atoms. The van der Waals surface area contributed by atoms with E-state index < -0.39 is 24.8 Å². The molecule has 0 aromatic heterocycles. The second-order valence-corrected chi connectivity index (χ2v) is 5.06. The second kappa shape index (κ2) is 15.9. The predicted molar refractivity (Wildman–Crippen MR) is 77.4 cm³/mol. The molecule has 0 bridgehead atoms. The average molecular weight is 362 g/mol. The molecule has 0 heterocycles. The van der Waals surface area contributed by atoms with Crippen LogP contribution in [0.2, 0.25) is 0 Å². The smallest absolute Gasteiger partial charge is 0.550 e. The quantitative estimate of drug-likeness (QED) is 0.407. The van der Waals surface area contributed by atoms with Crippen molar-refractivity contribution in [3.8, 4) is 0 Å².